The normalized spacial score (nSPS) is 27.6. The Balaban J connectivity index is 1.91. The first-order valence-electron chi connectivity index (χ1n) is 7.30. The summed E-state index contributed by atoms with van der Waals surface area (Å²) in [6.45, 7) is 2.89. The number of ether oxygens (including phenoxy) is 1. The van der Waals surface area contributed by atoms with Gasteiger partial charge in [-0.25, -0.2) is 0 Å². The maximum atomic E-state index is 11.7. The van der Waals surface area contributed by atoms with E-state index in [2.05, 4.69) is 13.0 Å². The van der Waals surface area contributed by atoms with Crippen molar-refractivity contribution in [3.8, 4) is 0 Å². The molecule has 2 aliphatic rings. The highest BCUT2D eigenvalue weighted by Crippen LogP contribution is 2.37. The van der Waals surface area contributed by atoms with E-state index in [1.54, 1.807) is 4.90 Å². The molecule has 1 aromatic rings. The SMILES string of the molecule is CN1C(=O)CCc2cc(C(N)C3(C)CCCO3)ccc21. The van der Waals surface area contributed by atoms with E-state index in [-0.39, 0.29) is 17.6 Å². The molecule has 1 aromatic carbocycles. The number of carbonyl (C=O) groups excluding carboxylic acids is 1. The van der Waals surface area contributed by atoms with Crippen molar-refractivity contribution in [2.24, 2.45) is 5.73 Å². The van der Waals surface area contributed by atoms with E-state index in [1.807, 2.05) is 19.2 Å². The molecule has 0 aromatic heterocycles. The molecular weight excluding hydrogens is 252 g/mol. The van der Waals surface area contributed by atoms with Crippen LogP contribution >= 0.6 is 0 Å². The average molecular weight is 274 g/mol. The van der Waals surface area contributed by atoms with Crippen LogP contribution in [-0.4, -0.2) is 25.2 Å². The molecule has 2 N–H and O–H groups in total. The lowest BCUT2D eigenvalue weighted by atomic mass is 9.86. The first-order valence-corrected chi connectivity index (χ1v) is 7.30. The molecule has 3 rings (SSSR count). The van der Waals surface area contributed by atoms with Crippen LogP contribution in [0.2, 0.25) is 0 Å². The lowest BCUT2D eigenvalue weighted by Gasteiger charge is -2.32. The lowest BCUT2D eigenvalue weighted by Crippen LogP contribution is -2.38. The number of hydrogen-bond acceptors (Lipinski definition) is 3. The van der Waals surface area contributed by atoms with Crippen LogP contribution in [0.15, 0.2) is 18.2 Å². The molecule has 1 saturated heterocycles. The number of hydrogen-bond donors (Lipinski definition) is 1. The highest BCUT2D eigenvalue weighted by molar-refractivity contribution is 5.95. The summed E-state index contributed by atoms with van der Waals surface area (Å²) in [4.78, 5) is 13.5. The Bertz CT molecular complexity index is 535. The van der Waals surface area contributed by atoms with E-state index >= 15 is 0 Å². The molecule has 1 fully saturated rings. The summed E-state index contributed by atoms with van der Waals surface area (Å²) in [6, 6.07) is 6.08. The van der Waals surface area contributed by atoms with Crippen LogP contribution in [0.1, 0.15) is 43.4 Å². The Hall–Kier alpha value is -1.39. The molecule has 0 aliphatic carbocycles. The van der Waals surface area contributed by atoms with E-state index in [4.69, 9.17) is 10.5 Å². The number of benzene rings is 1. The van der Waals surface area contributed by atoms with Crippen molar-refractivity contribution in [1.82, 2.24) is 0 Å². The third-order valence-corrected chi connectivity index (χ3v) is 4.71. The van der Waals surface area contributed by atoms with Crippen LogP contribution in [0.4, 0.5) is 5.69 Å². The highest BCUT2D eigenvalue weighted by atomic mass is 16.5. The topological polar surface area (TPSA) is 55.6 Å². The number of anilines is 1. The van der Waals surface area contributed by atoms with Crippen molar-refractivity contribution in [3.05, 3.63) is 29.3 Å². The van der Waals surface area contributed by atoms with Gasteiger partial charge in [-0.3, -0.25) is 4.79 Å². The second kappa shape index (κ2) is 4.86. The lowest BCUT2D eigenvalue weighted by molar-refractivity contribution is -0.118. The Kier molecular flexibility index (Phi) is 3.30. The van der Waals surface area contributed by atoms with Gasteiger partial charge in [0.1, 0.15) is 0 Å². The van der Waals surface area contributed by atoms with Crippen molar-refractivity contribution in [2.45, 2.75) is 44.2 Å². The van der Waals surface area contributed by atoms with Gasteiger partial charge in [0.05, 0.1) is 11.6 Å². The molecule has 4 nitrogen and oxygen atoms in total. The van der Waals surface area contributed by atoms with Gasteiger partial charge < -0.3 is 15.4 Å². The fourth-order valence-corrected chi connectivity index (χ4v) is 3.27. The van der Waals surface area contributed by atoms with Crippen molar-refractivity contribution >= 4 is 11.6 Å². The molecule has 1 amide bonds. The van der Waals surface area contributed by atoms with Gasteiger partial charge in [0.15, 0.2) is 0 Å². The third-order valence-electron chi connectivity index (χ3n) is 4.71. The Labute approximate surface area is 119 Å². The van der Waals surface area contributed by atoms with E-state index in [9.17, 15) is 4.79 Å². The molecule has 2 atom stereocenters. The summed E-state index contributed by atoms with van der Waals surface area (Å²) in [5.41, 5.74) is 9.49. The summed E-state index contributed by atoms with van der Waals surface area (Å²) < 4.78 is 5.85. The number of carbonyl (C=O) groups is 1. The Morgan fingerprint density at radius 3 is 2.90 bits per heavy atom. The summed E-state index contributed by atoms with van der Waals surface area (Å²) in [6.07, 6.45) is 3.46. The quantitative estimate of drug-likeness (QED) is 0.899. The summed E-state index contributed by atoms with van der Waals surface area (Å²) in [7, 11) is 1.83. The summed E-state index contributed by atoms with van der Waals surface area (Å²) in [5.74, 6) is 0.181. The predicted octanol–water partition coefficient (Wildman–Crippen LogP) is 2.16. The highest BCUT2D eigenvalue weighted by Gasteiger charge is 2.37. The smallest absolute Gasteiger partial charge is 0.227 e. The molecule has 0 bridgehead atoms. The zero-order chi connectivity index (χ0) is 14.3. The molecule has 2 aliphatic heterocycles. The molecule has 2 heterocycles. The van der Waals surface area contributed by atoms with Gasteiger partial charge in [0, 0.05) is 25.8 Å². The van der Waals surface area contributed by atoms with Gasteiger partial charge in [0.2, 0.25) is 5.91 Å². The molecule has 20 heavy (non-hydrogen) atoms. The van der Waals surface area contributed by atoms with Crippen molar-refractivity contribution < 1.29 is 9.53 Å². The number of rotatable bonds is 2. The number of amides is 1. The molecule has 4 heteroatoms. The molecule has 0 saturated carbocycles. The van der Waals surface area contributed by atoms with E-state index < -0.39 is 0 Å². The van der Waals surface area contributed by atoms with Crippen molar-refractivity contribution in [2.75, 3.05) is 18.6 Å². The van der Waals surface area contributed by atoms with Crippen LogP contribution in [0.3, 0.4) is 0 Å². The Morgan fingerprint density at radius 1 is 1.40 bits per heavy atom. The molecule has 108 valence electrons. The van der Waals surface area contributed by atoms with Gasteiger partial charge in [-0.05, 0) is 43.4 Å². The fourth-order valence-electron chi connectivity index (χ4n) is 3.27. The zero-order valence-electron chi connectivity index (χ0n) is 12.2. The predicted molar refractivity (Wildman–Crippen MR) is 78.7 cm³/mol. The number of aryl methyl sites for hydroxylation is 1. The maximum absolute atomic E-state index is 11.7. The molecule has 0 spiro atoms. The van der Waals surface area contributed by atoms with E-state index in [1.165, 1.54) is 5.56 Å². The van der Waals surface area contributed by atoms with Crippen LogP contribution in [-0.2, 0) is 16.0 Å². The number of nitrogens with two attached hydrogens (primary N) is 1. The van der Waals surface area contributed by atoms with Gasteiger partial charge in [-0.15, -0.1) is 0 Å². The van der Waals surface area contributed by atoms with Crippen LogP contribution in [0, 0.1) is 0 Å². The minimum absolute atomic E-state index is 0.113. The minimum Gasteiger partial charge on any atom is -0.373 e. The minimum atomic E-state index is -0.259. The standard InChI is InChI=1S/C16H22N2O2/c1-16(8-3-9-20-16)15(17)12-4-6-13-11(10-12)5-7-14(19)18(13)2/h4,6,10,15H,3,5,7-9,17H2,1-2H3. The molecule has 2 unspecified atom stereocenters. The van der Waals surface area contributed by atoms with Gasteiger partial charge >= 0.3 is 0 Å². The van der Waals surface area contributed by atoms with Crippen LogP contribution in [0.5, 0.6) is 0 Å². The zero-order valence-corrected chi connectivity index (χ0v) is 12.2. The first-order chi connectivity index (χ1) is 9.51. The third kappa shape index (κ3) is 2.13. The molecule has 0 radical (unpaired) electrons. The fraction of sp³-hybridized carbons (Fsp3) is 0.562. The van der Waals surface area contributed by atoms with Crippen LogP contribution in [0.25, 0.3) is 0 Å². The van der Waals surface area contributed by atoms with Gasteiger partial charge in [0.25, 0.3) is 0 Å². The van der Waals surface area contributed by atoms with Gasteiger partial charge in [-0.2, -0.15) is 0 Å². The van der Waals surface area contributed by atoms with E-state index in [0.29, 0.717) is 6.42 Å². The van der Waals surface area contributed by atoms with E-state index in [0.717, 1.165) is 37.1 Å². The van der Waals surface area contributed by atoms with Crippen molar-refractivity contribution in [1.29, 1.82) is 0 Å². The largest absolute Gasteiger partial charge is 0.373 e. The average Bonchev–Trinajstić information content (AvgIpc) is 2.90. The second-order valence-corrected chi connectivity index (χ2v) is 6.08. The van der Waals surface area contributed by atoms with Crippen LogP contribution < -0.4 is 10.6 Å². The first kappa shape index (κ1) is 13.6. The maximum Gasteiger partial charge on any atom is 0.227 e. The van der Waals surface area contributed by atoms with Crippen molar-refractivity contribution in [3.63, 3.8) is 0 Å². The number of nitrogens with zero attached hydrogens (tertiary/aromatic N) is 1. The second-order valence-electron chi connectivity index (χ2n) is 6.08. The summed E-state index contributed by atoms with van der Waals surface area (Å²) >= 11 is 0. The Morgan fingerprint density at radius 2 is 2.20 bits per heavy atom. The number of fused-ring (bicyclic) bond motifs is 1. The van der Waals surface area contributed by atoms with Gasteiger partial charge in [-0.1, -0.05) is 12.1 Å². The monoisotopic (exact) mass is 274 g/mol. The summed E-state index contributed by atoms with van der Waals surface area (Å²) in [5, 5.41) is 0. The molecular formula is C16H22N2O2.